The van der Waals surface area contributed by atoms with E-state index in [4.69, 9.17) is 31.4 Å². The maximum absolute atomic E-state index is 7.39. The first-order valence-corrected chi connectivity index (χ1v) is 20.6. The highest BCUT2D eigenvalue weighted by molar-refractivity contribution is 6.74. The van der Waals surface area contributed by atoms with Crippen LogP contribution in [-0.4, -0.2) is 32.9 Å². The molecule has 0 saturated carbocycles. The molecule has 0 aliphatic heterocycles. The highest BCUT2D eigenvalue weighted by atomic mass is 35.5. The lowest BCUT2D eigenvalue weighted by molar-refractivity contribution is 0.166. The van der Waals surface area contributed by atoms with E-state index in [9.17, 15) is 0 Å². The molecule has 2 aromatic carbocycles. The van der Waals surface area contributed by atoms with Crippen LogP contribution in [0.4, 0.5) is 11.4 Å². The number of halogens is 1. The molecule has 0 amide bonds. The van der Waals surface area contributed by atoms with E-state index in [-0.39, 0.29) is 16.2 Å². The van der Waals surface area contributed by atoms with E-state index in [1.54, 1.807) is 6.07 Å². The van der Waals surface area contributed by atoms with Crippen LogP contribution >= 0.6 is 11.6 Å². The molecular weight excluding hydrogens is 580 g/mol. The van der Waals surface area contributed by atoms with Gasteiger partial charge in [0.25, 0.3) is 0 Å². The topological polar surface area (TPSA) is 73.8 Å². The summed E-state index contributed by atoms with van der Waals surface area (Å²) in [7, 11) is -3.96. The maximum Gasteiger partial charge on any atom is 0.247 e. The van der Waals surface area contributed by atoms with Crippen LogP contribution in [0.3, 0.4) is 0 Å². The van der Waals surface area contributed by atoms with Gasteiger partial charge in [0.1, 0.15) is 6.04 Å². The second-order valence-corrected chi connectivity index (χ2v) is 24.0. The monoisotopic (exact) mass is 626 g/mol. The number of hydrogen-bond donors (Lipinski definition) is 1. The predicted octanol–water partition coefficient (Wildman–Crippen LogP) is 10.3. The van der Waals surface area contributed by atoms with Gasteiger partial charge < -0.3 is 18.6 Å². The fourth-order valence-corrected chi connectivity index (χ4v) is 6.46. The molecule has 1 N–H and O–H groups in total. The molecule has 3 rings (SSSR count). The Balaban J connectivity index is 1.90. The Labute approximate surface area is 259 Å². The van der Waals surface area contributed by atoms with Crippen LogP contribution < -0.4 is 5.32 Å². The summed E-state index contributed by atoms with van der Waals surface area (Å²) in [6.45, 7) is 34.2. The molecule has 42 heavy (non-hydrogen) atoms. The first-order chi connectivity index (χ1) is 19.3. The molecule has 0 aliphatic carbocycles. The zero-order valence-electron chi connectivity index (χ0n) is 27.3. The van der Waals surface area contributed by atoms with E-state index in [0.29, 0.717) is 29.1 Å². The fourth-order valence-electron chi connectivity index (χ4n) is 3.87. The lowest BCUT2D eigenvalue weighted by Gasteiger charge is -2.40. The van der Waals surface area contributed by atoms with E-state index in [1.807, 2.05) is 32.0 Å². The van der Waals surface area contributed by atoms with Gasteiger partial charge in [-0.15, -0.1) is 10.2 Å². The molecule has 0 fully saturated rings. The zero-order chi connectivity index (χ0) is 31.7. The van der Waals surface area contributed by atoms with Crippen molar-refractivity contribution in [1.82, 2.24) is 10.2 Å². The van der Waals surface area contributed by atoms with Crippen LogP contribution in [0.15, 0.2) is 40.8 Å². The molecule has 0 radical (unpaired) electrons. The summed E-state index contributed by atoms with van der Waals surface area (Å²) in [5, 5.41) is 13.0. The normalized spacial score (nSPS) is 14.4. The number of aromatic nitrogens is 2. The van der Waals surface area contributed by atoms with Crippen molar-refractivity contribution >= 4 is 39.6 Å². The summed E-state index contributed by atoms with van der Waals surface area (Å²) >= 11 is 6.50. The Hall–Kier alpha value is -2.49. The van der Waals surface area contributed by atoms with Gasteiger partial charge in [0, 0.05) is 11.3 Å². The van der Waals surface area contributed by atoms with E-state index >= 15 is 0 Å². The third-order valence-corrected chi connectivity index (χ3v) is 18.4. The Morgan fingerprint density at radius 2 is 1.55 bits per heavy atom. The molecule has 0 aliphatic rings. The molecule has 0 saturated heterocycles. The molecule has 1 aromatic heterocycles. The smallest absolute Gasteiger partial charge is 0.247 e. The van der Waals surface area contributed by atoms with Gasteiger partial charge in [0.05, 0.1) is 24.3 Å². The summed E-state index contributed by atoms with van der Waals surface area (Å²) in [5.41, 5.74) is 3.93. The minimum Gasteiger partial charge on any atom is -0.418 e. The fraction of sp³-hybridized carbons (Fsp3) is 0.531. The van der Waals surface area contributed by atoms with Crippen LogP contribution in [0, 0.1) is 13.5 Å². The quantitative estimate of drug-likeness (QED) is 0.178. The number of anilines is 1. The van der Waals surface area contributed by atoms with E-state index in [1.165, 1.54) is 0 Å². The van der Waals surface area contributed by atoms with Gasteiger partial charge in [0.15, 0.2) is 16.6 Å². The van der Waals surface area contributed by atoms with Crippen molar-refractivity contribution in [2.24, 2.45) is 0 Å². The van der Waals surface area contributed by atoms with Crippen molar-refractivity contribution in [3.63, 3.8) is 0 Å². The van der Waals surface area contributed by atoms with Crippen molar-refractivity contribution < 1.29 is 13.3 Å². The highest BCUT2D eigenvalue weighted by Gasteiger charge is 2.41. The van der Waals surface area contributed by atoms with E-state index in [2.05, 4.69) is 100 Å². The van der Waals surface area contributed by atoms with Gasteiger partial charge in [-0.25, -0.2) is 4.85 Å². The van der Waals surface area contributed by atoms with Crippen molar-refractivity contribution in [2.45, 2.75) is 110 Å². The minimum atomic E-state index is -2.12. The standard InChI is InChI=1S/C32H47ClN4O3Si2/c1-21-25(18-19-26(34-9)27(21)33)35-28(22(2)40-42(12,13)32(6,7)8)30-37-36-29(39-30)24-16-14-23(15-17-24)20-38-41(10,11)31(3,4)5/h14-19,22,28,35H,20H2,1-8,10-13H3/t22-,28+/m0/s1. The maximum atomic E-state index is 7.39. The molecule has 0 bridgehead atoms. The first-order valence-electron chi connectivity index (χ1n) is 14.4. The van der Waals surface area contributed by atoms with Crippen LogP contribution in [-0.2, 0) is 15.5 Å². The third-order valence-electron chi connectivity index (χ3n) is 8.87. The first kappa shape index (κ1) is 34.0. The molecule has 0 spiro atoms. The lowest BCUT2D eigenvalue weighted by atomic mass is 10.1. The lowest BCUT2D eigenvalue weighted by Crippen LogP contribution is -2.45. The van der Waals surface area contributed by atoms with Crippen LogP contribution in [0.1, 0.15) is 71.5 Å². The van der Waals surface area contributed by atoms with Gasteiger partial charge in [-0.1, -0.05) is 71.3 Å². The van der Waals surface area contributed by atoms with Crippen LogP contribution in [0.2, 0.25) is 41.3 Å². The molecule has 7 nitrogen and oxygen atoms in total. The number of hydrogen-bond acceptors (Lipinski definition) is 6. The molecule has 2 atom stereocenters. The predicted molar refractivity (Wildman–Crippen MR) is 178 cm³/mol. The summed E-state index contributed by atoms with van der Waals surface area (Å²) in [6.07, 6.45) is -0.284. The largest absolute Gasteiger partial charge is 0.418 e. The van der Waals surface area contributed by atoms with Crippen molar-refractivity contribution in [3.8, 4) is 11.5 Å². The molecule has 10 heteroatoms. The van der Waals surface area contributed by atoms with Crippen LogP contribution in [0.5, 0.6) is 0 Å². The van der Waals surface area contributed by atoms with Gasteiger partial charge in [0.2, 0.25) is 17.5 Å². The van der Waals surface area contributed by atoms with Crippen molar-refractivity contribution in [3.05, 3.63) is 69.9 Å². The molecule has 228 valence electrons. The Kier molecular flexibility index (Phi) is 10.2. The van der Waals surface area contributed by atoms with Gasteiger partial charge in [-0.05, 0) is 79.4 Å². The zero-order valence-corrected chi connectivity index (χ0v) is 30.0. The van der Waals surface area contributed by atoms with E-state index < -0.39 is 22.7 Å². The van der Waals surface area contributed by atoms with Gasteiger partial charge in [-0.3, -0.25) is 0 Å². The minimum absolute atomic E-state index is 0.0262. The molecule has 0 unspecified atom stereocenters. The second kappa shape index (κ2) is 12.6. The van der Waals surface area contributed by atoms with Gasteiger partial charge in [-0.2, -0.15) is 0 Å². The summed E-state index contributed by atoms with van der Waals surface area (Å²) in [4.78, 5) is 3.52. The van der Waals surface area contributed by atoms with E-state index in [0.717, 1.165) is 22.4 Å². The number of nitrogens with zero attached hydrogens (tertiary/aromatic N) is 3. The summed E-state index contributed by atoms with van der Waals surface area (Å²) in [5.74, 6) is 0.859. The summed E-state index contributed by atoms with van der Waals surface area (Å²) in [6, 6.07) is 11.2. The Morgan fingerprint density at radius 3 is 2.10 bits per heavy atom. The van der Waals surface area contributed by atoms with Crippen molar-refractivity contribution in [1.29, 1.82) is 0 Å². The Bertz CT molecular complexity index is 1420. The van der Waals surface area contributed by atoms with Crippen LogP contribution in [0.25, 0.3) is 16.3 Å². The van der Waals surface area contributed by atoms with Gasteiger partial charge >= 0.3 is 0 Å². The average Bonchev–Trinajstić information content (AvgIpc) is 3.37. The Morgan fingerprint density at radius 1 is 0.952 bits per heavy atom. The SMILES string of the molecule is [C-]#[N+]c1ccc(N[C@@H](c2nnc(-c3ccc(CO[Si](C)(C)C(C)(C)C)cc3)o2)[C@H](C)O[Si](C)(C)C(C)(C)C)c(C)c1Cl. The number of nitrogens with one attached hydrogen (secondary N) is 1. The third kappa shape index (κ3) is 7.72. The summed E-state index contributed by atoms with van der Waals surface area (Å²) < 4.78 is 19.4. The number of benzene rings is 2. The second-order valence-electron chi connectivity index (χ2n) is 14.1. The molecule has 1 heterocycles. The molecular formula is C32H47ClN4O3Si2. The van der Waals surface area contributed by atoms with Crippen molar-refractivity contribution in [2.75, 3.05) is 5.32 Å². The average molecular weight is 627 g/mol. The molecule has 3 aromatic rings. The highest BCUT2D eigenvalue weighted by Crippen LogP contribution is 2.41. The number of rotatable bonds is 10.